The second-order valence-electron chi connectivity index (χ2n) is 10.9. The molecule has 3 aromatic rings. The van der Waals surface area contributed by atoms with Crippen LogP contribution in [0.4, 0.5) is 11.4 Å². The largest absolute Gasteiger partial charge is 0.319 e. The lowest BCUT2D eigenvalue weighted by Gasteiger charge is -2.39. The van der Waals surface area contributed by atoms with Gasteiger partial charge in [-0.15, -0.1) is 0 Å². The van der Waals surface area contributed by atoms with Gasteiger partial charge in [0.25, 0.3) is 5.69 Å². The minimum atomic E-state index is -0.928. The van der Waals surface area contributed by atoms with Gasteiger partial charge in [0.2, 0.25) is 5.91 Å². The Balaban J connectivity index is 1.71. The summed E-state index contributed by atoms with van der Waals surface area (Å²) in [6.45, 7) is 14.1. The van der Waals surface area contributed by atoms with Gasteiger partial charge in [-0.25, -0.2) is 9.97 Å². The van der Waals surface area contributed by atoms with Crippen molar-refractivity contribution in [2.75, 3.05) is 5.32 Å². The fourth-order valence-electron chi connectivity index (χ4n) is 6.33. The Morgan fingerprint density at radius 3 is 2.09 bits per heavy atom. The maximum absolute atomic E-state index is 14.2. The van der Waals surface area contributed by atoms with Crippen LogP contribution in [0, 0.1) is 43.2 Å². The third-order valence-corrected chi connectivity index (χ3v) is 8.93. The molecule has 2 aromatic carbocycles. The van der Waals surface area contributed by atoms with Crippen LogP contribution >= 0.6 is 0 Å². The number of carbonyl (C=O) groups excluding carboxylic acids is 1. The monoisotopic (exact) mass is 458 g/mol. The fraction of sp³-hybridized carbons (Fsp3) is 0.444. The normalized spacial score (nSPS) is 24.3. The van der Waals surface area contributed by atoms with Crippen molar-refractivity contribution in [3.8, 4) is 0 Å². The molecular formula is C27H30N4O3. The summed E-state index contributed by atoms with van der Waals surface area (Å²) >= 11 is 0. The van der Waals surface area contributed by atoms with Gasteiger partial charge in [0.15, 0.2) is 0 Å². The highest BCUT2D eigenvalue weighted by Gasteiger charge is 2.73. The van der Waals surface area contributed by atoms with E-state index in [1.807, 2.05) is 26.0 Å². The number of nitrogens with zero attached hydrogens (tertiary/aromatic N) is 3. The van der Waals surface area contributed by atoms with Gasteiger partial charge in [-0.05, 0) is 80.3 Å². The van der Waals surface area contributed by atoms with E-state index >= 15 is 0 Å². The fourth-order valence-corrected chi connectivity index (χ4v) is 6.33. The number of carbonyl (C=O) groups is 1. The molecule has 1 fully saturated rings. The summed E-state index contributed by atoms with van der Waals surface area (Å²) in [6.07, 6.45) is 1.43. The predicted molar refractivity (Wildman–Crippen MR) is 132 cm³/mol. The van der Waals surface area contributed by atoms with Crippen molar-refractivity contribution >= 4 is 28.3 Å². The van der Waals surface area contributed by atoms with Crippen molar-refractivity contribution in [2.24, 2.45) is 5.41 Å². The molecule has 7 nitrogen and oxygen atoms in total. The van der Waals surface area contributed by atoms with Crippen molar-refractivity contribution in [1.29, 1.82) is 0 Å². The van der Waals surface area contributed by atoms with Crippen LogP contribution < -0.4 is 5.32 Å². The van der Waals surface area contributed by atoms with Crippen LogP contribution in [-0.4, -0.2) is 20.8 Å². The first-order valence-corrected chi connectivity index (χ1v) is 11.7. The molecule has 7 heteroatoms. The highest BCUT2D eigenvalue weighted by atomic mass is 16.6. The van der Waals surface area contributed by atoms with Crippen LogP contribution in [0.3, 0.4) is 0 Å². The zero-order valence-corrected chi connectivity index (χ0v) is 20.8. The van der Waals surface area contributed by atoms with E-state index < -0.39 is 15.8 Å². The highest BCUT2D eigenvalue weighted by molar-refractivity contribution is 6.03. The molecule has 2 atom stereocenters. The quantitative estimate of drug-likeness (QED) is 0.399. The number of nitrogens with one attached hydrogen (secondary N) is 1. The summed E-state index contributed by atoms with van der Waals surface area (Å²) in [6, 6.07) is 7.45. The minimum Gasteiger partial charge on any atom is -0.319 e. The number of nitro benzene ring substituents is 1. The van der Waals surface area contributed by atoms with Crippen LogP contribution in [0.15, 0.2) is 24.3 Å². The maximum atomic E-state index is 14.2. The number of hydrogen-bond donors (Lipinski definition) is 1. The summed E-state index contributed by atoms with van der Waals surface area (Å²) in [7, 11) is 0. The second-order valence-corrected chi connectivity index (χ2v) is 10.9. The number of nitro groups is 1. The van der Waals surface area contributed by atoms with E-state index in [0.29, 0.717) is 17.7 Å². The first-order chi connectivity index (χ1) is 15.8. The van der Waals surface area contributed by atoms with Gasteiger partial charge in [-0.3, -0.25) is 14.9 Å². The number of anilines is 1. The summed E-state index contributed by atoms with van der Waals surface area (Å²) < 4.78 is 0. The van der Waals surface area contributed by atoms with Crippen molar-refractivity contribution in [2.45, 2.75) is 72.1 Å². The van der Waals surface area contributed by atoms with Gasteiger partial charge in [0.05, 0.1) is 32.8 Å². The number of fused-ring (bicyclic) bond motifs is 6. The van der Waals surface area contributed by atoms with Crippen molar-refractivity contribution in [1.82, 2.24) is 9.97 Å². The summed E-state index contributed by atoms with van der Waals surface area (Å²) in [5, 5.41) is 14.8. The third kappa shape index (κ3) is 2.61. The molecule has 2 bridgehead atoms. The van der Waals surface area contributed by atoms with Crippen LogP contribution in [0.1, 0.15) is 67.3 Å². The molecule has 0 spiro atoms. The van der Waals surface area contributed by atoms with Gasteiger partial charge in [0, 0.05) is 11.5 Å². The number of amides is 1. The van der Waals surface area contributed by atoms with E-state index in [4.69, 9.17) is 9.97 Å². The third-order valence-electron chi connectivity index (χ3n) is 8.93. The topological polar surface area (TPSA) is 98.0 Å². The van der Waals surface area contributed by atoms with Gasteiger partial charge in [0.1, 0.15) is 5.69 Å². The molecule has 176 valence electrons. The van der Waals surface area contributed by atoms with Crippen molar-refractivity contribution in [3.05, 3.63) is 68.0 Å². The van der Waals surface area contributed by atoms with E-state index in [1.165, 1.54) is 6.07 Å². The highest BCUT2D eigenvalue weighted by Crippen LogP contribution is 2.70. The van der Waals surface area contributed by atoms with Crippen LogP contribution in [0.5, 0.6) is 0 Å². The van der Waals surface area contributed by atoms with Crippen LogP contribution in [0.25, 0.3) is 11.0 Å². The van der Waals surface area contributed by atoms with E-state index in [1.54, 1.807) is 6.92 Å². The SMILES string of the molecule is Cc1cc(C)c(NC(=O)C23CCC(C)(c4nc5cc(C)c(C)cc5nc42)C3(C)C)c([N+](=O)[O-])c1. The molecule has 0 radical (unpaired) electrons. The Bertz CT molecular complexity index is 1430. The lowest BCUT2D eigenvalue weighted by Crippen LogP contribution is -2.48. The maximum Gasteiger partial charge on any atom is 0.293 e. The molecule has 0 aliphatic heterocycles. The van der Waals surface area contributed by atoms with Crippen LogP contribution in [0.2, 0.25) is 0 Å². The molecule has 1 amide bonds. The second kappa shape index (κ2) is 6.84. The Labute approximate surface area is 199 Å². The summed E-state index contributed by atoms with van der Waals surface area (Å²) in [5.74, 6) is -0.243. The molecule has 2 aliphatic rings. The standard InChI is InChI=1S/C27H30N4O3/c1-14-10-17(4)21(20(11-14)31(33)34)30-24(32)27-9-8-26(7,25(27,5)6)22-23(27)29-19-13-16(3)15(2)12-18(19)28-22/h10-13H,8-9H2,1-7H3,(H,30,32). The first kappa shape index (κ1) is 22.4. The van der Waals surface area contributed by atoms with E-state index in [-0.39, 0.29) is 22.7 Å². The molecule has 5 rings (SSSR count). The lowest BCUT2D eigenvalue weighted by atomic mass is 9.63. The number of hydrogen-bond acceptors (Lipinski definition) is 5. The van der Waals surface area contributed by atoms with Gasteiger partial charge in [-0.2, -0.15) is 0 Å². The van der Waals surface area contributed by atoms with E-state index in [2.05, 4.69) is 39.1 Å². The van der Waals surface area contributed by atoms with Gasteiger partial charge >= 0.3 is 0 Å². The summed E-state index contributed by atoms with van der Waals surface area (Å²) in [4.78, 5) is 35.7. The number of aryl methyl sites for hydroxylation is 4. The molecule has 2 unspecified atom stereocenters. The molecule has 2 aliphatic carbocycles. The zero-order valence-electron chi connectivity index (χ0n) is 20.8. The average molecular weight is 459 g/mol. The van der Waals surface area contributed by atoms with Crippen molar-refractivity contribution in [3.63, 3.8) is 0 Å². The lowest BCUT2D eigenvalue weighted by molar-refractivity contribution is -0.384. The number of benzene rings is 2. The molecular weight excluding hydrogens is 428 g/mol. The Hall–Kier alpha value is -3.35. The van der Waals surface area contributed by atoms with E-state index in [9.17, 15) is 14.9 Å². The van der Waals surface area contributed by atoms with Crippen LogP contribution in [-0.2, 0) is 15.6 Å². The Morgan fingerprint density at radius 1 is 0.912 bits per heavy atom. The van der Waals surface area contributed by atoms with Gasteiger partial charge < -0.3 is 5.32 Å². The van der Waals surface area contributed by atoms with Gasteiger partial charge in [-0.1, -0.05) is 26.8 Å². The number of aromatic nitrogens is 2. The predicted octanol–water partition coefficient (Wildman–Crippen LogP) is 5.74. The molecule has 1 N–H and O–H groups in total. The minimum absolute atomic E-state index is 0.0882. The molecule has 0 saturated heterocycles. The molecule has 1 aromatic heterocycles. The number of rotatable bonds is 3. The Morgan fingerprint density at radius 2 is 1.50 bits per heavy atom. The van der Waals surface area contributed by atoms with E-state index in [0.717, 1.165) is 39.8 Å². The molecule has 1 saturated carbocycles. The first-order valence-electron chi connectivity index (χ1n) is 11.7. The Kier molecular flexibility index (Phi) is 4.51. The molecule has 1 heterocycles. The average Bonchev–Trinajstić information content (AvgIpc) is 3.04. The van der Waals surface area contributed by atoms with Crippen molar-refractivity contribution < 1.29 is 9.72 Å². The zero-order chi connectivity index (χ0) is 24.8. The summed E-state index contributed by atoms with van der Waals surface area (Å²) in [5.41, 5.74) is 5.39. The smallest absolute Gasteiger partial charge is 0.293 e. The molecule has 34 heavy (non-hydrogen) atoms.